The molecule has 1 saturated carbocycles. The third-order valence-corrected chi connectivity index (χ3v) is 6.97. The summed E-state index contributed by atoms with van der Waals surface area (Å²) in [5, 5.41) is 0.467. The van der Waals surface area contributed by atoms with Crippen molar-refractivity contribution in [2.24, 2.45) is 16.2 Å². The molecule has 4 fully saturated rings. The van der Waals surface area contributed by atoms with E-state index >= 15 is 0 Å². The van der Waals surface area contributed by atoms with Gasteiger partial charge in [-0.25, -0.2) is 0 Å². The molecule has 1 nitrogen and oxygen atoms in total. The summed E-state index contributed by atoms with van der Waals surface area (Å²) in [6.07, 6.45) is 1.19. The minimum Gasteiger partial charge on any atom is -0.301 e. The largest absolute Gasteiger partial charge is 0.301 e. The Morgan fingerprint density at radius 3 is 1.87 bits per heavy atom. The molecule has 3 saturated heterocycles. The van der Waals surface area contributed by atoms with Gasteiger partial charge >= 0.3 is 0 Å². The molecular weight excluding hydrogens is 229 g/mol. The van der Waals surface area contributed by atoms with Gasteiger partial charge in [0, 0.05) is 35.8 Å². The third-order valence-electron chi connectivity index (χ3n) is 4.92. The van der Waals surface area contributed by atoms with Crippen LogP contribution in [0.1, 0.15) is 27.2 Å². The van der Waals surface area contributed by atoms with Gasteiger partial charge in [-0.1, -0.05) is 20.8 Å². The Bertz CT molecular complexity index is 295. The number of halogens is 2. The molecule has 15 heavy (non-hydrogen) atoms. The van der Waals surface area contributed by atoms with E-state index in [-0.39, 0.29) is 27.0 Å². The molecule has 0 amide bonds. The molecule has 3 heteroatoms. The predicted octanol–water partition coefficient (Wildman–Crippen LogP) is 2.95. The van der Waals surface area contributed by atoms with Gasteiger partial charge in [-0.05, 0) is 17.3 Å². The van der Waals surface area contributed by atoms with E-state index in [1.807, 2.05) is 0 Å². The van der Waals surface area contributed by atoms with E-state index in [0.29, 0.717) is 0 Å². The standard InChI is InChI=1S/C12H19Cl2N/c1-10-4-11(2)6-15(5-10)7-12(3,8(10)13)9(11)14/h8-9H,4-7H2,1-3H3. The summed E-state index contributed by atoms with van der Waals surface area (Å²) in [6, 6.07) is 0. The highest BCUT2D eigenvalue weighted by molar-refractivity contribution is 6.25. The fourth-order valence-electron chi connectivity index (χ4n) is 4.93. The first-order chi connectivity index (χ1) is 6.80. The molecule has 0 aromatic rings. The molecule has 4 bridgehead atoms. The van der Waals surface area contributed by atoms with Gasteiger partial charge in [0.1, 0.15) is 0 Å². The number of nitrogens with zero attached hydrogens (tertiary/aromatic N) is 1. The van der Waals surface area contributed by atoms with Gasteiger partial charge in [-0.15, -0.1) is 23.2 Å². The van der Waals surface area contributed by atoms with Crippen molar-refractivity contribution in [2.45, 2.75) is 37.9 Å². The average Bonchev–Trinajstić information content (AvgIpc) is 2.10. The third kappa shape index (κ3) is 1.10. The molecular formula is C12H19Cl2N. The number of alkyl halides is 2. The molecule has 0 aromatic carbocycles. The van der Waals surface area contributed by atoms with Crippen molar-refractivity contribution >= 4 is 23.2 Å². The summed E-state index contributed by atoms with van der Waals surface area (Å²) < 4.78 is 0. The molecule has 86 valence electrons. The number of piperidine rings is 3. The Morgan fingerprint density at radius 1 is 0.933 bits per heavy atom. The van der Waals surface area contributed by atoms with Crippen LogP contribution in [-0.2, 0) is 0 Å². The van der Waals surface area contributed by atoms with E-state index in [1.54, 1.807) is 0 Å². The van der Waals surface area contributed by atoms with E-state index in [2.05, 4.69) is 25.7 Å². The Hall–Kier alpha value is 0.540. The summed E-state index contributed by atoms with van der Waals surface area (Å²) in [5.74, 6) is 0. The summed E-state index contributed by atoms with van der Waals surface area (Å²) in [6.45, 7) is 10.4. The molecule has 0 N–H and O–H groups in total. The molecule has 4 atom stereocenters. The van der Waals surface area contributed by atoms with Crippen molar-refractivity contribution in [3.63, 3.8) is 0 Å². The number of hydrogen-bond donors (Lipinski definition) is 0. The monoisotopic (exact) mass is 247 g/mol. The zero-order chi connectivity index (χ0) is 11.1. The SMILES string of the molecule is CC12CN3CC(C)(C1)C(Cl)C(C)(C3)C2Cl. The van der Waals surface area contributed by atoms with Crippen LogP contribution < -0.4 is 0 Å². The van der Waals surface area contributed by atoms with Gasteiger partial charge in [0.25, 0.3) is 0 Å². The van der Waals surface area contributed by atoms with Gasteiger partial charge in [0.15, 0.2) is 0 Å². The minimum absolute atomic E-state index is 0.0986. The first kappa shape index (κ1) is 10.7. The molecule has 1 aliphatic carbocycles. The number of rotatable bonds is 0. The van der Waals surface area contributed by atoms with E-state index in [9.17, 15) is 0 Å². The lowest BCUT2D eigenvalue weighted by Crippen LogP contribution is -2.75. The highest BCUT2D eigenvalue weighted by atomic mass is 35.5. The normalized spacial score (nSPS) is 67.4. The van der Waals surface area contributed by atoms with Gasteiger partial charge in [0.2, 0.25) is 0 Å². The number of hydrogen-bond acceptors (Lipinski definition) is 1. The summed E-state index contributed by atoms with van der Waals surface area (Å²) in [4.78, 5) is 2.57. The van der Waals surface area contributed by atoms with Crippen molar-refractivity contribution in [1.29, 1.82) is 0 Å². The minimum atomic E-state index is 0.0986. The second kappa shape index (κ2) is 2.68. The maximum atomic E-state index is 6.70. The second-order valence-corrected chi connectivity index (χ2v) is 7.73. The lowest BCUT2D eigenvalue weighted by Gasteiger charge is -2.70. The maximum absolute atomic E-state index is 6.70. The Kier molecular flexibility index (Phi) is 1.91. The molecule has 0 spiro atoms. The van der Waals surface area contributed by atoms with Gasteiger partial charge in [-0.3, -0.25) is 0 Å². The molecule has 0 aromatic heterocycles. The zero-order valence-corrected chi connectivity index (χ0v) is 11.2. The molecule has 4 rings (SSSR count). The summed E-state index contributed by atoms with van der Waals surface area (Å²) in [5.41, 5.74) is 0.640. The smallest absolute Gasteiger partial charge is 0.0482 e. The second-order valence-electron chi connectivity index (χ2n) is 6.86. The van der Waals surface area contributed by atoms with Crippen molar-refractivity contribution in [3.05, 3.63) is 0 Å². The first-order valence-corrected chi connectivity index (χ1v) is 6.68. The van der Waals surface area contributed by atoms with Crippen LogP contribution in [0.5, 0.6) is 0 Å². The topological polar surface area (TPSA) is 3.24 Å². The van der Waals surface area contributed by atoms with E-state index in [0.717, 1.165) is 19.6 Å². The van der Waals surface area contributed by atoms with Crippen molar-refractivity contribution in [2.75, 3.05) is 19.6 Å². The fraction of sp³-hybridized carbons (Fsp3) is 1.00. The van der Waals surface area contributed by atoms with Crippen LogP contribution in [-0.4, -0.2) is 35.3 Å². The maximum Gasteiger partial charge on any atom is 0.0482 e. The molecule has 4 aliphatic rings. The van der Waals surface area contributed by atoms with Gasteiger partial charge in [-0.2, -0.15) is 0 Å². The van der Waals surface area contributed by atoms with E-state index in [1.165, 1.54) is 6.42 Å². The molecule has 3 aliphatic heterocycles. The fourth-order valence-corrected chi connectivity index (χ4v) is 5.67. The van der Waals surface area contributed by atoms with Crippen LogP contribution in [0, 0.1) is 16.2 Å². The predicted molar refractivity (Wildman–Crippen MR) is 64.7 cm³/mol. The van der Waals surface area contributed by atoms with Crippen molar-refractivity contribution < 1.29 is 0 Å². The average molecular weight is 248 g/mol. The van der Waals surface area contributed by atoms with Crippen LogP contribution in [0.15, 0.2) is 0 Å². The van der Waals surface area contributed by atoms with Crippen LogP contribution in [0.3, 0.4) is 0 Å². The van der Waals surface area contributed by atoms with Crippen LogP contribution in [0.4, 0.5) is 0 Å². The van der Waals surface area contributed by atoms with Crippen molar-refractivity contribution in [3.8, 4) is 0 Å². The van der Waals surface area contributed by atoms with E-state index < -0.39 is 0 Å². The highest BCUT2D eigenvalue weighted by Gasteiger charge is 2.67. The molecule has 0 radical (unpaired) electrons. The summed E-state index contributed by atoms with van der Waals surface area (Å²) in [7, 11) is 0. The quantitative estimate of drug-likeness (QED) is 0.596. The Morgan fingerprint density at radius 2 is 1.40 bits per heavy atom. The lowest BCUT2D eigenvalue weighted by molar-refractivity contribution is -0.147. The van der Waals surface area contributed by atoms with E-state index in [4.69, 9.17) is 23.2 Å². The highest BCUT2D eigenvalue weighted by Crippen LogP contribution is 2.64. The molecule has 4 unspecified atom stereocenters. The zero-order valence-electron chi connectivity index (χ0n) is 9.69. The first-order valence-electron chi connectivity index (χ1n) is 5.81. The summed E-state index contributed by atoms with van der Waals surface area (Å²) >= 11 is 13.4. The van der Waals surface area contributed by atoms with Gasteiger partial charge < -0.3 is 4.90 Å². The van der Waals surface area contributed by atoms with Crippen molar-refractivity contribution in [1.82, 2.24) is 4.90 Å². The Balaban J connectivity index is 2.12. The van der Waals surface area contributed by atoms with Crippen LogP contribution in [0.25, 0.3) is 0 Å². The lowest BCUT2D eigenvalue weighted by atomic mass is 9.48. The van der Waals surface area contributed by atoms with Crippen LogP contribution in [0.2, 0.25) is 0 Å². The van der Waals surface area contributed by atoms with Gasteiger partial charge in [0.05, 0.1) is 0 Å². The van der Waals surface area contributed by atoms with Crippen LogP contribution >= 0.6 is 23.2 Å². The molecule has 3 heterocycles. The Labute approximate surface area is 102 Å².